The zero-order chi connectivity index (χ0) is 11.5. The summed E-state index contributed by atoms with van der Waals surface area (Å²) in [5, 5.41) is 6.26. The van der Waals surface area contributed by atoms with Crippen molar-refractivity contribution >= 4 is 5.91 Å². The van der Waals surface area contributed by atoms with Gasteiger partial charge in [-0.05, 0) is 47.3 Å². The minimum atomic E-state index is -0.341. The molecule has 88 valence electrons. The van der Waals surface area contributed by atoms with Crippen LogP contribution in [0, 0.1) is 0 Å². The molecule has 0 aromatic rings. The Morgan fingerprint density at radius 1 is 1.60 bits per heavy atom. The first kappa shape index (κ1) is 12.5. The van der Waals surface area contributed by atoms with Crippen molar-refractivity contribution in [2.24, 2.45) is 0 Å². The Labute approximate surface area is 92.4 Å². The second-order valence-electron chi connectivity index (χ2n) is 4.89. The van der Waals surface area contributed by atoms with Crippen LogP contribution in [-0.4, -0.2) is 49.6 Å². The van der Waals surface area contributed by atoms with Gasteiger partial charge in [0.1, 0.15) is 0 Å². The number of hydrogen-bond acceptors (Lipinski definition) is 3. The van der Waals surface area contributed by atoms with Crippen molar-refractivity contribution in [1.29, 1.82) is 0 Å². The highest BCUT2D eigenvalue weighted by Gasteiger charge is 2.35. The number of rotatable bonds is 4. The second-order valence-corrected chi connectivity index (χ2v) is 4.89. The number of amides is 1. The van der Waals surface area contributed by atoms with Crippen molar-refractivity contribution in [3.05, 3.63) is 0 Å². The molecule has 1 aliphatic rings. The lowest BCUT2D eigenvalue weighted by atomic mass is 9.99. The van der Waals surface area contributed by atoms with E-state index in [1.165, 1.54) is 0 Å². The molecule has 0 bridgehead atoms. The Bertz CT molecular complexity index is 222. The fourth-order valence-electron chi connectivity index (χ4n) is 1.71. The van der Waals surface area contributed by atoms with Gasteiger partial charge in [-0.15, -0.1) is 0 Å². The highest BCUT2D eigenvalue weighted by molar-refractivity contribution is 5.86. The Morgan fingerprint density at radius 3 is 2.73 bits per heavy atom. The number of carbonyl (C=O) groups excluding carboxylic acids is 1. The van der Waals surface area contributed by atoms with Gasteiger partial charge in [-0.1, -0.05) is 0 Å². The molecule has 4 nitrogen and oxygen atoms in total. The Kier molecular flexibility index (Phi) is 4.11. The van der Waals surface area contributed by atoms with Gasteiger partial charge in [-0.2, -0.15) is 0 Å². The Morgan fingerprint density at radius 2 is 2.27 bits per heavy atom. The number of hydrogen-bond donors (Lipinski definition) is 2. The van der Waals surface area contributed by atoms with E-state index < -0.39 is 0 Å². The first-order valence-electron chi connectivity index (χ1n) is 5.65. The molecular formula is C11H23N3O. The van der Waals surface area contributed by atoms with Crippen LogP contribution in [0.2, 0.25) is 0 Å². The standard InChI is InChI=1S/C11H23N3O/c1-9(14(3)4)8-12-10(15)11(2)6-5-7-13-11/h9,13H,5-8H2,1-4H3,(H,12,15). The summed E-state index contributed by atoms with van der Waals surface area (Å²) in [6.45, 7) is 5.75. The summed E-state index contributed by atoms with van der Waals surface area (Å²) in [5.74, 6) is 0.133. The normalized spacial score (nSPS) is 28.1. The van der Waals surface area contributed by atoms with Crippen molar-refractivity contribution in [1.82, 2.24) is 15.5 Å². The van der Waals surface area contributed by atoms with E-state index in [9.17, 15) is 4.79 Å². The molecule has 0 aromatic carbocycles. The summed E-state index contributed by atoms with van der Waals surface area (Å²) in [5.41, 5.74) is -0.341. The second kappa shape index (κ2) is 4.94. The molecule has 4 heteroatoms. The molecule has 0 aromatic heterocycles. The smallest absolute Gasteiger partial charge is 0.240 e. The molecular weight excluding hydrogens is 190 g/mol. The van der Waals surface area contributed by atoms with Gasteiger partial charge in [-0.3, -0.25) is 4.79 Å². The van der Waals surface area contributed by atoms with Crippen molar-refractivity contribution in [3.8, 4) is 0 Å². The molecule has 1 rings (SSSR count). The quantitative estimate of drug-likeness (QED) is 0.701. The minimum Gasteiger partial charge on any atom is -0.353 e. The monoisotopic (exact) mass is 213 g/mol. The molecule has 1 amide bonds. The molecule has 1 saturated heterocycles. The molecule has 1 fully saturated rings. The van der Waals surface area contributed by atoms with Gasteiger partial charge in [0.25, 0.3) is 0 Å². The van der Waals surface area contributed by atoms with Crippen LogP contribution in [0.15, 0.2) is 0 Å². The molecule has 1 aliphatic heterocycles. The third-order valence-electron chi connectivity index (χ3n) is 3.31. The maximum absolute atomic E-state index is 11.9. The van der Waals surface area contributed by atoms with Gasteiger partial charge >= 0.3 is 0 Å². The highest BCUT2D eigenvalue weighted by atomic mass is 16.2. The van der Waals surface area contributed by atoms with Crippen LogP contribution < -0.4 is 10.6 Å². The predicted octanol–water partition coefficient (Wildman–Crippen LogP) is 0.195. The summed E-state index contributed by atoms with van der Waals surface area (Å²) in [4.78, 5) is 14.0. The first-order chi connectivity index (χ1) is 6.96. The van der Waals surface area contributed by atoms with E-state index in [2.05, 4.69) is 22.5 Å². The summed E-state index contributed by atoms with van der Waals surface area (Å²) < 4.78 is 0. The summed E-state index contributed by atoms with van der Waals surface area (Å²) >= 11 is 0. The predicted molar refractivity (Wildman–Crippen MR) is 61.8 cm³/mol. The van der Waals surface area contributed by atoms with E-state index in [4.69, 9.17) is 0 Å². The largest absolute Gasteiger partial charge is 0.353 e. The summed E-state index contributed by atoms with van der Waals surface area (Å²) in [6.07, 6.45) is 2.03. The molecule has 15 heavy (non-hydrogen) atoms. The van der Waals surface area contributed by atoms with Crippen molar-refractivity contribution < 1.29 is 4.79 Å². The van der Waals surface area contributed by atoms with E-state index in [1.807, 2.05) is 21.0 Å². The topological polar surface area (TPSA) is 44.4 Å². The Hall–Kier alpha value is -0.610. The van der Waals surface area contributed by atoms with Crippen LogP contribution in [0.5, 0.6) is 0 Å². The maximum Gasteiger partial charge on any atom is 0.240 e. The van der Waals surface area contributed by atoms with E-state index in [1.54, 1.807) is 0 Å². The van der Waals surface area contributed by atoms with Gasteiger partial charge in [0.05, 0.1) is 5.54 Å². The molecule has 0 saturated carbocycles. The highest BCUT2D eigenvalue weighted by Crippen LogP contribution is 2.18. The minimum absolute atomic E-state index is 0.133. The van der Waals surface area contributed by atoms with Crippen LogP contribution >= 0.6 is 0 Å². The number of carbonyl (C=O) groups is 1. The summed E-state index contributed by atoms with van der Waals surface area (Å²) in [7, 11) is 4.04. The molecule has 2 unspecified atom stereocenters. The number of nitrogens with one attached hydrogen (secondary N) is 2. The van der Waals surface area contributed by atoms with E-state index in [0.717, 1.165) is 19.4 Å². The van der Waals surface area contributed by atoms with Gasteiger partial charge < -0.3 is 15.5 Å². The lowest BCUT2D eigenvalue weighted by Crippen LogP contribution is -2.53. The molecule has 0 radical (unpaired) electrons. The van der Waals surface area contributed by atoms with Crippen molar-refractivity contribution in [2.75, 3.05) is 27.2 Å². The molecule has 2 atom stereocenters. The van der Waals surface area contributed by atoms with Crippen LogP contribution in [0.1, 0.15) is 26.7 Å². The van der Waals surface area contributed by atoms with Gasteiger partial charge in [0.2, 0.25) is 5.91 Å². The van der Waals surface area contributed by atoms with Crippen LogP contribution in [-0.2, 0) is 4.79 Å². The van der Waals surface area contributed by atoms with Gasteiger partial charge in [0, 0.05) is 12.6 Å². The molecule has 0 aliphatic carbocycles. The van der Waals surface area contributed by atoms with E-state index in [0.29, 0.717) is 12.6 Å². The van der Waals surface area contributed by atoms with Crippen LogP contribution in [0.25, 0.3) is 0 Å². The summed E-state index contributed by atoms with van der Waals surface area (Å²) in [6, 6.07) is 0.374. The fourth-order valence-corrected chi connectivity index (χ4v) is 1.71. The first-order valence-corrected chi connectivity index (χ1v) is 5.65. The number of nitrogens with zero attached hydrogens (tertiary/aromatic N) is 1. The molecule has 2 N–H and O–H groups in total. The van der Waals surface area contributed by atoms with Crippen LogP contribution in [0.4, 0.5) is 0 Å². The Balaban J connectivity index is 2.35. The molecule has 1 heterocycles. The third-order valence-corrected chi connectivity index (χ3v) is 3.31. The lowest BCUT2D eigenvalue weighted by molar-refractivity contribution is -0.126. The average molecular weight is 213 g/mol. The van der Waals surface area contributed by atoms with Crippen LogP contribution in [0.3, 0.4) is 0 Å². The van der Waals surface area contributed by atoms with E-state index in [-0.39, 0.29) is 11.4 Å². The lowest BCUT2D eigenvalue weighted by Gasteiger charge is -2.26. The zero-order valence-electron chi connectivity index (χ0n) is 10.3. The average Bonchev–Trinajstić information content (AvgIpc) is 2.62. The fraction of sp³-hybridized carbons (Fsp3) is 0.909. The maximum atomic E-state index is 11.9. The van der Waals surface area contributed by atoms with Gasteiger partial charge in [-0.25, -0.2) is 0 Å². The van der Waals surface area contributed by atoms with Crippen molar-refractivity contribution in [2.45, 2.75) is 38.3 Å². The molecule has 0 spiro atoms. The zero-order valence-corrected chi connectivity index (χ0v) is 10.3. The van der Waals surface area contributed by atoms with E-state index >= 15 is 0 Å². The van der Waals surface area contributed by atoms with Gasteiger partial charge in [0.15, 0.2) is 0 Å². The van der Waals surface area contributed by atoms with Crippen molar-refractivity contribution in [3.63, 3.8) is 0 Å². The number of likely N-dealkylation sites (N-methyl/N-ethyl adjacent to an activating group) is 1. The third kappa shape index (κ3) is 3.18. The SMILES string of the molecule is CC(CNC(=O)C1(C)CCCN1)N(C)C.